The SMILES string of the molecule is C=C(C)c1c(C)cc(-n2nc3c(c2-n2ccn(C4C=c5cnn(C)c5=CC4)c2=O)CN(C(=O)c2cc4cc(C5CCOCC5)ccc4n2[C@@]2(c4nc(=S)o[nH]4)C[C@@H]2C)CC3)cc1C. The summed E-state index contributed by atoms with van der Waals surface area (Å²) in [6.45, 7) is 14.8. The number of rotatable bonds is 8. The topological polar surface area (TPSA) is 139 Å². The molecule has 63 heavy (non-hydrogen) atoms. The second-order valence-electron chi connectivity index (χ2n) is 18.0. The Morgan fingerprint density at radius 1 is 1.08 bits per heavy atom. The highest BCUT2D eigenvalue weighted by molar-refractivity contribution is 7.71. The molecule has 2 aliphatic carbocycles. The second kappa shape index (κ2) is 14.6. The molecule has 2 fully saturated rings. The number of hydrogen-bond acceptors (Lipinski definition) is 8. The third kappa shape index (κ3) is 6.21. The van der Waals surface area contributed by atoms with Crippen molar-refractivity contribution in [2.75, 3.05) is 19.8 Å². The van der Waals surface area contributed by atoms with Crippen molar-refractivity contribution in [1.29, 1.82) is 0 Å². The lowest BCUT2D eigenvalue weighted by Gasteiger charge is -2.29. The molecule has 1 amide bonds. The first-order valence-electron chi connectivity index (χ1n) is 21.9. The van der Waals surface area contributed by atoms with Gasteiger partial charge in [-0.1, -0.05) is 37.3 Å². The Kier molecular flexibility index (Phi) is 9.18. The van der Waals surface area contributed by atoms with Gasteiger partial charge in [0, 0.05) is 67.3 Å². The number of carbonyl (C=O) groups is 1. The molecule has 0 bridgehead atoms. The van der Waals surface area contributed by atoms with Crippen molar-refractivity contribution in [3.05, 3.63) is 132 Å². The minimum atomic E-state index is -0.642. The van der Waals surface area contributed by atoms with E-state index in [1.54, 1.807) is 9.13 Å². The van der Waals surface area contributed by atoms with Crippen molar-refractivity contribution in [2.24, 2.45) is 13.0 Å². The normalized spacial score (nSPS) is 20.9. The number of carbonyl (C=O) groups excluding carboxylic acids is 1. The highest BCUT2D eigenvalue weighted by atomic mass is 32.1. The van der Waals surface area contributed by atoms with Crippen LogP contribution in [0.25, 0.3) is 40.1 Å². The molecule has 0 spiro atoms. The standard InChI is InChI=1S/C48H50N10O4S/c1-27(2)42-28(3)19-36(20-29(42)4)58-43(56-16-15-55(47(56)60)35-8-10-39-34(22-35)25-49-53(39)6)37-26-54(14-11-38(37)51-58)44(59)41-23-33-21-32(31-12-17-61-18-13-31)7-9-40(33)57(41)48(24-30(48)5)45-50-46(63)62-52-45/h7,9-10,15-16,19-23,25,30-31,35H,1,8,11-14,17-18,24,26H2,2-6H3,(H,50,52,63)/t30-,35?,48-/m0/s1. The van der Waals surface area contributed by atoms with Crippen molar-refractivity contribution < 1.29 is 14.1 Å². The van der Waals surface area contributed by atoms with E-state index in [4.69, 9.17) is 26.6 Å². The van der Waals surface area contributed by atoms with Crippen molar-refractivity contribution in [3.8, 4) is 11.5 Å². The minimum Gasteiger partial charge on any atom is -0.381 e. The average molecular weight is 863 g/mol. The number of nitrogens with zero attached hydrogens (tertiary/aromatic N) is 9. The van der Waals surface area contributed by atoms with E-state index < -0.39 is 5.54 Å². The summed E-state index contributed by atoms with van der Waals surface area (Å²) >= 11 is 5.34. The Labute approximate surface area is 368 Å². The lowest BCUT2D eigenvalue weighted by atomic mass is 9.91. The summed E-state index contributed by atoms with van der Waals surface area (Å²) in [4.78, 5) is 36.8. The van der Waals surface area contributed by atoms with Gasteiger partial charge in [-0.05, 0) is 123 Å². The van der Waals surface area contributed by atoms with E-state index in [1.807, 2.05) is 52.9 Å². The van der Waals surface area contributed by atoms with Crippen LogP contribution in [0.2, 0.25) is 0 Å². The molecule has 3 atom stereocenters. The van der Waals surface area contributed by atoms with E-state index in [0.717, 1.165) is 93.2 Å². The molecule has 1 saturated carbocycles. The van der Waals surface area contributed by atoms with Crippen LogP contribution in [0.4, 0.5) is 0 Å². The summed E-state index contributed by atoms with van der Waals surface area (Å²) in [5.74, 6) is 1.69. The number of benzene rings is 2. The maximum atomic E-state index is 15.4. The molecule has 2 aromatic carbocycles. The molecule has 7 aromatic rings. The van der Waals surface area contributed by atoms with Crippen LogP contribution in [-0.4, -0.2) is 74.0 Å². The number of aryl methyl sites for hydroxylation is 3. The Balaban J connectivity index is 1.04. The molecule has 2 aliphatic heterocycles. The smallest absolute Gasteiger partial charge is 0.334 e. The zero-order valence-corrected chi connectivity index (χ0v) is 37.0. The van der Waals surface area contributed by atoms with Gasteiger partial charge >= 0.3 is 10.5 Å². The van der Waals surface area contributed by atoms with Gasteiger partial charge in [0.15, 0.2) is 5.82 Å². The number of nitrogens with one attached hydrogen (secondary N) is 1. The first kappa shape index (κ1) is 39.5. The van der Waals surface area contributed by atoms with Crippen LogP contribution in [-0.2, 0) is 30.3 Å². The predicted octanol–water partition coefficient (Wildman–Crippen LogP) is 6.29. The average Bonchev–Trinajstić information content (AvgIpc) is 3.90. The van der Waals surface area contributed by atoms with E-state index in [2.05, 4.69) is 89.6 Å². The molecule has 322 valence electrons. The lowest BCUT2D eigenvalue weighted by molar-refractivity contribution is 0.0721. The summed E-state index contributed by atoms with van der Waals surface area (Å²) in [5.41, 5.74) is 8.72. The van der Waals surface area contributed by atoms with Gasteiger partial charge in [-0.25, -0.2) is 14.6 Å². The summed E-state index contributed by atoms with van der Waals surface area (Å²) in [6, 6.07) is 12.7. The molecule has 1 saturated heterocycles. The van der Waals surface area contributed by atoms with Crippen molar-refractivity contribution in [1.82, 2.24) is 48.3 Å². The Hall–Kier alpha value is -6.32. The fourth-order valence-electron chi connectivity index (χ4n) is 10.9. The number of fused-ring (bicyclic) bond motifs is 3. The van der Waals surface area contributed by atoms with Gasteiger partial charge in [-0.15, -0.1) is 0 Å². The summed E-state index contributed by atoms with van der Waals surface area (Å²) in [7, 11) is 1.93. The first-order chi connectivity index (χ1) is 30.4. The lowest BCUT2D eigenvalue weighted by Crippen LogP contribution is -2.39. The van der Waals surface area contributed by atoms with Crippen LogP contribution in [0.15, 0.2) is 70.9 Å². The summed E-state index contributed by atoms with van der Waals surface area (Å²) in [6.07, 6.45) is 13.6. The van der Waals surface area contributed by atoms with E-state index in [-0.39, 0.29) is 34.9 Å². The number of aromatic nitrogens is 9. The maximum Gasteiger partial charge on any atom is 0.334 e. The number of ether oxygens (including phenoxy) is 1. The van der Waals surface area contributed by atoms with E-state index in [9.17, 15) is 4.79 Å². The number of aromatic amines is 1. The van der Waals surface area contributed by atoms with Crippen LogP contribution < -0.4 is 16.3 Å². The molecule has 15 heteroatoms. The Morgan fingerprint density at radius 2 is 1.86 bits per heavy atom. The number of H-pyrrole nitrogens is 1. The zero-order valence-electron chi connectivity index (χ0n) is 36.2. The first-order valence-corrected chi connectivity index (χ1v) is 22.3. The second-order valence-corrected chi connectivity index (χ2v) is 18.4. The molecular weight excluding hydrogens is 813 g/mol. The molecular formula is C48H50N10O4S. The third-order valence-electron chi connectivity index (χ3n) is 14.1. The van der Waals surface area contributed by atoms with Gasteiger partial charge in [0.1, 0.15) is 17.1 Å². The summed E-state index contributed by atoms with van der Waals surface area (Å²) in [5, 5.41) is 15.7. The maximum absolute atomic E-state index is 15.4. The van der Waals surface area contributed by atoms with E-state index in [1.165, 1.54) is 5.56 Å². The fraction of sp³-hybridized carbons (Fsp3) is 0.375. The third-order valence-corrected chi connectivity index (χ3v) is 14.2. The number of allylic oxidation sites excluding steroid dienone is 1. The van der Waals surface area contributed by atoms with Gasteiger partial charge < -0.3 is 18.7 Å². The monoisotopic (exact) mass is 862 g/mol. The molecule has 4 aliphatic rings. The van der Waals surface area contributed by atoms with Gasteiger partial charge in [-0.3, -0.25) is 18.6 Å². The van der Waals surface area contributed by atoms with Gasteiger partial charge in [0.25, 0.3) is 5.91 Å². The van der Waals surface area contributed by atoms with Crippen molar-refractivity contribution >= 4 is 46.8 Å². The van der Waals surface area contributed by atoms with Crippen LogP contribution in [0.5, 0.6) is 0 Å². The van der Waals surface area contributed by atoms with E-state index in [0.29, 0.717) is 42.6 Å². The molecule has 1 unspecified atom stereocenters. The van der Waals surface area contributed by atoms with Crippen LogP contribution >= 0.6 is 12.2 Å². The molecule has 14 nitrogen and oxygen atoms in total. The van der Waals surface area contributed by atoms with Crippen LogP contribution in [0, 0.1) is 24.6 Å². The van der Waals surface area contributed by atoms with Crippen LogP contribution in [0.3, 0.4) is 0 Å². The van der Waals surface area contributed by atoms with E-state index >= 15 is 4.79 Å². The Morgan fingerprint density at radius 3 is 2.57 bits per heavy atom. The number of amides is 1. The van der Waals surface area contributed by atoms with Crippen LogP contribution in [0.1, 0.15) is 101 Å². The number of imidazole rings is 1. The predicted molar refractivity (Wildman–Crippen MR) is 242 cm³/mol. The Bertz CT molecular complexity index is 3270. The van der Waals surface area contributed by atoms with Gasteiger partial charge in [0.2, 0.25) is 0 Å². The molecule has 0 radical (unpaired) electrons. The minimum absolute atomic E-state index is 0.106. The van der Waals surface area contributed by atoms with Gasteiger partial charge in [-0.2, -0.15) is 15.2 Å². The molecule has 7 heterocycles. The quantitative estimate of drug-likeness (QED) is 0.176. The largest absolute Gasteiger partial charge is 0.381 e. The highest BCUT2D eigenvalue weighted by Gasteiger charge is 2.59. The summed E-state index contributed by atoms with van der Waals surface area (Å²) < 4.78 is 20.6. The zero-order chi connectivity index (χ0) is 43.5. The highest BCUT2D eigenvalue weighted by Crippen LogP contribution is 2.56. The number of hydrogen-bond donors (Lipinski definition) is 1. The van der Waals surface area contributed by atoms with Crippen molar-refractivity contribution in [2.45, 2.75) is 83.8 Å². The van der Waals surface area contributed by atoms with Gasteiger partial charge in [0.05, 0.1) is 35.5 Å². The van der Waals surface area contributed by atoms with Crippen molar-refractivity contribution in [3.63, 3.8) is 0 Å². The molecule has 5 aromatic heterocycles. The fourth-order valence-corrected chi connectivity index (χ4v) is 11.0. The molecule has 1 N–H and O–H groups in total. The molecule has 11 rings (SSSR count).